The fourth-order valence-electron chi connectivity index (χ4n) is 2.60. The Morgan fingerprint density at radius 2 is 1.70 bits per heavy atom. The number of nitrogens with one attached hydrogen (secondary N) is 2. The first-order chi connectivity index (χ1) is 12.7. The topological polar surface area (TPSA) is 87.7 Å². The van der Waals surface area contributed by atoms with Crippen molar-refractivity contribution in [2.75, 3.05) is 19.0 Å². The van der Waals surface area contributed by atoms with Crippen molar-refractivity contribution in [3.63, 3.8) is 0 Å². The predicted octanol–water partition coefficient (Wildman–Crippen LogP) is 2.36. The van der Waals surface area contributed by atoms with E-state index in [4.69, 9.17) is 4.74 Å². The van der Waals surface area contributed by atoms with E-state index >= 15 is 0 Å². The molecule has 6 nitrogen and oxygen atoms in total. The van der Waals surface area contributed by atoms with E-state index in [-0.39, 0.29) is 6.54 Å². The summed E-state index contributed by atoms with van der Waals surface area (Å²) in [4.78, 5) is 24.1. The molecule has 1 unspecified atom stereocenters. The normalized spacial score (nSPS) is 12.8. The molecule has 0 aromatic heterocycles. The molecule has 27 heavy (non-hydrogen) atoms. The molecular formula is C21H26N2O4. The molecule has 2 aromatic carbocycles. The average Bonchev–Trinajstić information content (AvgIpc) is 2.63. The fourth-order valence-corrected chi connectivity index (χ4v) is 2.60. The van der Waals surface area contributed by atoms with Crippen LogP contribution in [-0.2, 0) is 16.0 Å². The first-order valence-electron chi connectivity index (χ1n) is 8.72. The summed E-state index contributed by atoms with van der Waals surface area (Å²) < 4.78 is 5.10. The molecule has 0 aliphatic rings. The summed E-state index contributed by atoms with van der Waals surface area (Å²) >= 11 is 0. The van der Waals surface area contributed by atoms with Crippen LogP contribution >= 0.6 is 0 Å². The van der Waals surface area contributed by atoms with Crippen molar-refractivity contribution in [2.24, 2.45) is 0 Å². The molecular weight excluding hydrogens is 344 g/mol. The van der Waals surface area contributed by atoms with Gasteiger partial charge in [-0.1, -0.05) is 18.2 Å². The summed E-state index contributed by atoms with van der Waals surface area (Å²) in [5.41, 5.74) is 2.39. The van der Waals surface area contributed by atoms with Crippen LogP contribution < -0.4 is 15.4 Å². The number of rotatable bonds is 6. The molecule has 3 N–H and O–H groups in total. The van der Waals surface area contributed by atoms with Gasteiger partial charge in [0.05, 0.1) is 12.7 Å². The van der Waals surface area contributed by atoms with Gasteiger partial charge >= 0.3 is 11.8 Å². The third-order valence-corrected chi connectivity index (χ3v) is 4.34. The molecule has 0 saturated heterocycles. The Balaban J connectivity index is 1.88. The van der Waals surface area contributed by atoms with E-state index in [1.54, 1.807) is 38.3 Å². The minimum absolute atomic E-state index is 0.0434. The van der Waals surface area contributed by atoms with Crippen molar-refractivity contribution in [3.8, 4) is 5.75 Å². The maximum atomic E-state index is 12.0. The Morgan fingerprint density at radius 3 is 2.30 bits per heavy atom. The van der Waals surface area contributed by atoms with Gasteiger partial charge in [0.25, 0.3) is 0 Å². The quantitative estimate of drug-likeness (QED) is 0.681. The average molecular weight is 370 g/mol. The Kier molecular flexibility index (Phi) is 6.58. The summed E-state index contributed by atoms with van der Waals surface area (Å²) in [6.45, 7) is 5.47. The van der Waals surface area contributed by atoms with E-state index in [1.807, 2.05) is 32.0 Å². The smallest absolute Gasteiger partial charge is 0.313 e. The summed E-state index contributed by atoms with van der Waals surface area (Å²) in [6, 6.07) is 12.7. The number of hydrogen-bond acceptors (Lipinski definition) is 4. The number of amides is 2. The summed E-state index contributed by atoms with van der Waals surface area (Å²) in [5, 5.41) is 15.6. The maximum absolute atomic E-state index is 12.0. The van der Waals surface area contributed by atoms with Gasteiger partial charge in [-0.3, -0.25) is 9.59 Å². The molecule has 2 amide bonds. The molecule has 2 aromatic rings. The number of carbonyl (C=O) groups is 2. The zero-order valence-corrected chi connectivity index (χ0v) is 16.1. The van der Waals surface area contributed by atoms with E-state index in [0.717, 1.165) is 22.4 Å². The van der Waals surface area contributed by atoms with Crippen LogP contribution in [-0.4, -0.2) is 36.2 Å². The largest absolute Gasteiger partial charge is 0.497 e. The lowest BCUT2D eigenvalue weighted by Gasteiger charge is -2.23. The van der Waals surface area contributed by atoms with Crippen molar-refractivity contribution in [1.82, 2.24) is 5.32 Å². The van der Waals surface area contributed by atoms with E-state index in [9.17, 15) is 14.7 Å². The number of ether oxygens (including phenoxy) is 1. The van der Waals surface area contributed by atoms with Crippen molar-refractivity contribution >= 4 is 17.5 Å². The number of benzene rings is 2. The van der Waals surface area contributed by atoms with E-state index in [0.29, 0.717) is 12.1 Å². The zero-order valence-electron chi connectivity index (χ0n) is 16.1. The summed E-state index contributed by atoms with van der Waals surface area (Å²) in [6.07, 6.45) is 0.329. The van der Waals surface area contributed by atoms with Crippen molar-refractivity contribution < 1.29 is 19.4 Å². The molecule has 0 saturated carbocycles. The number of methoxy groups -OCH3 is 1. The van der Waals surface area contributed by atoms with Crippen LogP contribution in [0, 0.1) is 13.8 Å². The molecule has 0 heterocycles. The van der Waals surface area contributed by atoms with E-state index in [2.05, 4.69) is 10.6 Å². The van der Waals surface area contributed by atoms with Crippen molar-refractivity contribution in [1.29, 1.82) is 0 Å². The Labute approximate surface area is 159 Å². The van der Waals surface area contributed by atoms with Crippen LogP contribution in [0.1, 0.15) is 23.6 Å². The third-order valence-electron chi connectivity index (χ3n) is 4.34. The van der Waals surface area contributed by atoms with Crippen LogP contribution in [0.25, 0.3) is 0 Å². The Hall–Kier alpha value is -2.86. The van der Waals surface area contributed by atoms with Crippen LogP contribution in [0.5, 0.6) is 5.75 Å². The van der Waals surface area contributed by atoms with Gasteiger partial charge in [0, 0.05) is 18.7 Å². The molecule has 0 fully saturated rings. The molecule has 0 aliphatic heterocycles. The fraction of sp³-hybridized carbons (Fsp3) is 0.333. The molecule has 144 valence electrons. The molecule has 0 radical (unpaired) electrons. The molecule has 0 spiro atoms. The highest BCUT2D eigenvalue weighted by Crippen LogP contribution is 2.17. The molecule has 2 rings (SSSR count). The second-order valence-electron chi connectivity index (χ2n) is 6.96. The maximum Gasteiger partial charge on any atom is 0.313 e. The van der Waals surface area contributed by atoms with Crippen LogP contribution in [0.3, 0.4) is 0 Å². The predicted molar refractivity (Wildman–Crippen MR) is 105 cm³/mol. The van der Waals surface area contributed by atoms with Gasteiger partial charge < -0.3 is 20.5 Å². The standard InChI is InChI=1S/C21H26N2O4/c1-14-5-8-17(11-15(14)2)23-20(25)19(24)22-13-21(3,26)12-16-6-9-18(27-4)10-7-16/h5-11,26H,12-13H2,1-4H3,(H,22,24)(H,23,25). The summed E-state index contributed by atoms with van der Waals surface area (Å²) in [5.74, 6) is -0.823. The number of aryl methyl sites for hydroxylation is 2. The van der Waals surface area contributed by atoms with Gasteiger partial charge in [-0.2, -0.15) is 0 Å². The SMILES string of the molecule is COc1ccc(CC(C)(O)CNC(=O)C(=O)Nc2ccc(C)c(C)c2)cc1. The number of aliphatic hydroxyl groups is 1. The number of carbonyl (C=O) groups excluding carboxylic acids is 2. The third kappa shape index (κ3) is 6.11. The van der Waals surface area contributed by atoms with Crippen molar-refractivity contribution in [2.45, 2.75) is 32.8 Å². The van der Waals surface area contributed by atoms with E-state index in [1.165, 1.54) is 0 Å². The van der Waals surface area contributed by atoms with Gasteiger partial charge in [-0.15, -0.1) is 0 Å². The first kappa shape index (κ1) is 20.5. The highest BCUT2D eigenvalue weighted by molar-refractivity contribution is 6.39. The Morgan fingerprint density at radius 1 is 1.04 bits per heavy atom. The lowest BCUT2D eigenvalue weighted by molar-refractivity contribution is -0.136. The van der Waals surface area contributed by atoms with Crippen LogP contribution in [0.15, 0.2) is 42.5 Å². The highest BCUT2D eigenvalue weighted by atomic mass is 16.5. The van der Waals surface area contributed by atoms with Crippen LogP contribution in [0.2, 0.25) is 0 Å². The van der Waals surface area contributed by atoms with Crippen molar-refractivity contribution in [3.05, 3.63) is 59.2 Å². The van der Waals surface area contributed by atoms with Crippen LogP contribution in [0.4, 0.5) is 5.69 Å². The number of anilines is 1. The molecule has 0 aliphatic carbocycles. The highest BCUT2D eigenvalue weighted by Gasteiger charge is 2.24. The van der Waals surface area contributed by atoms with E-state index < -0.39 is 17.4 Å². The van der Waals surface area contributed by atoms with Gasteiger partial charge in [-0.05, 0) is 61.7 Å². The lowest BCUT2D eigenvalue weighted by atomic mass is 9.96. The zero-order chi connectivity index (χ0) is 20.0. The summed E-state index contributed by atoms with van der Waals surface area (Å²) in [7, 11) is 1.59. The van der Waals surface area contributed by atoms with Gasteiger partial charge in [-0.25, -0.2) is 0 Å². The number of hydrogen-bond donors (Lipinski definition) is 3. The Bertz CT molecular complexity index is 813. The second-order valence-corrected chi connectivity index (χ2v) is 6.96. The first-order valence-corrected chi connectivity index (χ1v) is 8.72. The van der Waals surface area contributed by atoms with Gasteiger partial charge in [0.15, 0.2) is 0 Å². The molecule has 0 bridgehead atoms. The minimum atomic E-state index is -1.19. The molecule has 1 atom stereocenters. The van der Waals surface area contributed by atoms with Gasteiger partial charge in [0.2, 0.25) is 0 Å². The van der Waals surface area contributed by atoms with Gasteiger partial charge in [0.1, 0.15) is 5.75 Å². The monoisotopic (exact) mass is 370 g/mol. The molecule has 6 heteroatoms. The lowest BCUT2D eigenvalue weighted by Crippen LogP contribution is -2.45. The minimum Gasteiger partial charge on any atom is -0.497 e. The second kappa shape index (κ2) is 8.68.